The van der Waals surface area contributed by atoms with Gasteiger partial charge in [0.15, 0.2) is 0 Å². The van der Waals surface area contributed by atoms with Crippen LogP contribution in [0.2, 0.25) is 0 Å². The fraction of sp³-hybridized carbons (Fsp3) is 0.167. The first kappa shape index (κ1) is 17.1. The molecule has 0 aliphatic carbocycles. The van der Waals surface area contributed by atoms with Gasteiger partial charge in [0.25, 0.3) is 0 Å². The van der Waals surface area contributed by atoms with Gasteiger partial charge >= 0.3 is 18.3 Å². The zero-order chi connectivity index (χ0) is 17.4. The summed E-state index contributed by atoms with van der Waals surface area (Å²) in [6.45, 7) is 0. The Morgan fingerprint density at radius 3 is 2.39 bits per heavy atom. The van der Waals surface area contributed by atoms with Gasteiger partial charge in [-0.25, -0.2) is 4.98 Å². The van der Waals surface area contributed by atoms with Gasteiger partial charge in [0.05, 0.1) is 10.2 Å². The standard InChI is InChI=1S/C12H6F6N2O2S/c13-11(14,15)8(21)4-9-20-6-2-1-5(3-7(6)23-9)19-10(22)12(16,17)18/h1-4,21H,(H,19,22). The normalized spacial score (nSPS) is 13.4. The molecular formula is C12H6F6N2O2S. The number of rotatable bonds is 2. The maximum absolute atomic E-state index is 12.2. The molecule has 2 rings (SSSR count). The topological polar surface area (TPSA) is 62.2 Å². The number of amides is 1. The molecule has 124 valence electrons. The van der Waals surface area contributed by atoms with Crippen LogP contribution in [0.4, 0.5) is 32.0 Å². The lowest BCUT2D eigenvalue weighted by molar-refractivity contribution is -0.167. The zero-order valence-electron chi connectivity index (χ0n) is 10.8. The molecule has 0 atom stereocenters. The number of carbonyl (C=O) groups excluding carboxylic acids is 1. The van der Waals surface area contributed by atoms with Crippen molar-refractivity contribution in [1.29, 1.82) is 0 Å². The van der Waals surface area contributed by atoms with E-state index in [0.29, 0.717) is 17.4 Å². The smallest absolute Gasteiger partial charge is 0.471 e. The van der Waals surface area contributed by atoms with Crippen molar-refractivity contribution >= 4 is 39.2 Å². The van der Waals surface area contributed by atoms with Crippen molar-refractivity contribution in [1.82, 2.24) is 4.98 Å². The second-order valence-corrected chi connectivity index (χ2v) is 5.28. The number of aliphatic hydroxyl groups is 1. The lowest BCUT2D eigenvalue weighted by atomic mass is 10.3. The highest BCUT2D eigenvalue weighted by Gasteiger charge is 2.38. The fourth-order valence-corrected chi connectivity index (χ4v) is 2.43. The number of nitrogens with one attached hydrogen (secondary N) is 1. The summed E-state index contributed by atoms with van der Waals surface area (Å²) in [7, 11) is 0. The molecule has 4 nitrogen and oxygen atoms in total. The largest absolute Gasteiger partial charge is 0.504 e. The Bertz CT molecular complexity index is 778. The molecule has 0 saturated heterocycles. The Labute approximate surface area is 128 Å². The first-order valence-corrected chi connectivity index (χ1v) is 6.55. The second-order valence-electron chi connectivity index (χ2n) is 4.21. The van der Waals surface area contributed by atoms with Crippen LogP contribution in [0.1, 0.15) is 5.01 Å². The van der Waals surface area contributed by atoms with E-state index in [1.54, 1.807) is 5.32 Å². The summed E-state index contributed by atoms with van der Waals surface area (Å²) in [6, 6.07) is 3.50. The maximum atomic E-state index is 12.2. The number of hydrogen-bond donors (Lipinski definition) is 2. The van der Waals surface area contributed by atoms with Crippen LogP contribution in [0.3, 0.4) is 0 Å². The molecular weight excluding hydrogens is 350 g/mol. The molecule has 0 aliphatic heterocycles. The lowest BCUT2D eigenvalue weighted by Gasteiger charge is -2.07. The van der Waals surface area contributed by atoms with Gasteiger partial charge in [-0.2, -0.15) is 26.3 Å². The SMILES string of the molecule is O=C(Nc1ccc2nc(C=C(O)C(F)(F)F)sc2c1)C(F)(F)F. The Morgan fingerprint density at radius 2 is 1.83 bits per heavy atom. The number of nitrogens with zero attached hydrogens (tertiary/aromatic N) is 1. The molecule has 0 saturated carbocycles. The van der Waals surface area contributed by atoms with Crippen LogP contribution < -0.4 is 5.32 Å². The third-order valence-electron chi connectivity index (χ3n) is 2.47. The Morgan fingerprint density at radius 1 is 1.17 bits per heavy atom. The van der Waals surface area contributed by atoms with Gasteiger partial charge in [-0.15, -0.1) is 11.3 Å². The molecule has 1 aromatic carbocycles. The van der Waals surface area contributed by atoms with Gasteiger partial charge in [-0.05, 0) is 18.2 Å². The van der Waals surface area contributed by atoms with Crippen molar-refractivity contribution in [3.05, 3.63) is 29.0 Å². The average molecular weight is 356 g/mol. The van der Waals surface area contributed by atoms with Crippen molar-refractivity contribution in [2.45, 2.75) is 12.4 Å². The maximum Gasteiger partial charge on any atom is 0.471 e. The minimum atomic E-state index is -5.06. The van der Waals surface area contributed by atoms with E-state index in [-0.39, 0.29) is 20.9 Å². The predicted octanol–water partition coefficient (Wildman–Crippen LogP) is 4.26. The summed E-state index contributed by atoms with van der Waals surface area (Å²) in [6.07, 6.45) is -9.59. The fourth-order valence-electron chi connectivity index (χ4n) is 1.48. The van der Waals surface area contributed by atoms with Crippen LogP contribution in [0.5, 0.6) is 0 Å². The summed E-state index contributed by atoms with van der Waals surface area (Å²) in [5.41, 5.74) is 0.0280. The van der Waals surface area contributed by atoms with Gasteiger partial charge in [-0.3, -0.25) is 4.79 Å². The molecule has 0 fully saturated rings. The molecule has 0 bridgehead atoms. The van der Waals surface area contributed by atoms with Gasteiger partial charge in [0.2, 0.25) is 5.76 Å². The Hall–Kier alpha value is -2.30. The Kier molecular flexibility index (Phi) is 4.24. The summed E-state index contributed by atoms with van der Waals surface area (Å²) in [4.78, 5) is 14.6. The van der Waals surface area contributed by atoms with Gasteiger partial charge < -0.3 is 10.4 Å². The summed E-state index contributed by atoms with van der Waals surface area (Å²) < 4.78 is 73.3. The van der Waals surface area contributed by atoms with E-state index in [0.717, 1.165) is 12.1 Å². The van der Waals surface area contributed by atoms with Gasteiger partial charge in [0.1, 0.15) is 5.01 Å². The number of benzene rings is 1. The highest BCUT2D eigenvalue weighted by Crippen LogP contribution is 2.30. The lowest BCUT2D eigenvalue weighted by Crippen LogP contribution is -2.29. The summed E-state index contributed by atoms with van der Waals surface area (Å²) in [5, 5.41) is 10.3. The second kappa shape index (κ2) is 5.72. The number of hydrogen-bond acceptors (Lipinski definition) is 4. The van der Waals surface area contributed by atoms with Gasteiger partial charge in [0, 0.05) is 11.8 Å². The quantitative estimate of drug-likeness (QED) is 0.624. The van der Waals surface area contributed by atoms with E-state index in [9.17, 15) is 31.1 Å². The zero-order valence-corrected chi connectivity index (χ0v) is 11.6. The molecule has 0 spiro atoms. The number of alkyl halides is 6. The summed E-state index contributed by atoms with van der Waals surface area (Å²) >= 11 is 0.710. The first-order chi connectivity index (χ1) is 10.5. The van der Waals surface area contributed by atoms with Crippen LogP contribution in [-0.2, 0) is 4.79 Å². The minimum absolute atomic E-state index is 0.181. The van der Waals surface area contributed by atoms with Crippen LogP contribution in [0, 0.1) is 0 Å². The molecule has 0 aliphatic rings. The van der Waals surface area contributed by atoms with Crippen LogP contribution in [0.15, 0.2) is 24.0 Å². The van der Waals surface area contributed by atoms with Crippen LogP contribution >= 0.6 is 11.3 Å². The molecule has 1 heterocycles. The van der Waals surface area contributed by atoms with Crippen molar-refractivity contribution in [3.63, 3.8) is 0 Å². The molecule has 2 N–H and O–H groups in total. The van der Waals surface area contributed by atoms with E-state index in [4.69, 9.17) is 5.11 Å². The van der Waals surface area contributed by atoms with Crippen molar-refractivity contribution in [2.24, 2.45) is 0 Å². The van der Waals surface area contributed by atoms with Gasteiger partial charge in [-0.1, -0.05) is 0 Å². The number of aromatic nitrogens is 1. The van der Waals surface area contributed by atoms with Crippen LogP contribution in [0.25, 0.3) is 16.3 Å². The van der Waals surface area contributed by atoms with Crippen molar-refractivity contribution < 1.29 is 36.2 Å². The minimum Gasteiger partial charge on any atom is -0.504 e. The highest BCUT2D eigenvalue weighted by atomic mass is 32.1. The highest BCUT2D eigenvalue weighted by molar-refractivity contribution is 7.19. The predicted molar refractivity (Wildman–Crippen MR) is 71.0 cm³/mol. The van der Waals surface area contributed by atoms with E-state index >= 15 is 0 Å². The number of thiazole rings is 1. The molecule has 2 aromatic rings. The number of aliphatic hydroxyl groups excluding tert-OH is 1. The summed E-state index contributed by atoms with van der Waals surface area (Å²) in [5.74, 6) is -4.02. The van der Waals surface area contributed by atoms with Crippen LogP contribution in [-0.4, -0.2) is 28.4 Å². The first-order valence-electron chi connectivity index (χ1n) is 5.73. The van der Waals surface area contributed by atoms with E-state index in [1.165, 1.54) is 6.07 Å². The number of allylic oxidation sites excluding steroid dienone is 1. The molecule has 0 unspecified atom stereocenters. The number of carbonyl (C=O) groups is 1. The molecule has 11 heteroatoms. The average Bonchev–Trinajstić information content (AvgIpc) is 2.77. The van der Waals surface area contributed by atoms with Crippen molar-refractivity contribution in [3.8, 4) is 0 Å². The molecule has 0 radical (unpaired) electrons. The third-order valence-corrected chi connectivity index (χ3v) is 3.44. The van der Waals surface area contributed by atoms with E-state index in [1.807, 2.05) is 0 Å². The van der Waals surface area contributed by atoms with E-state index in [2.05, 4.69) is 4.98 Å². The van der Waals surface area contributed by atoms with Crippen molar-refractivity contribution in [2.75, 3.05) is 5.32 Å². The molecule has 1 aromatic heterocycles. The molecule has 23 heavy (non-hydrogen) atoms. The number of fused-ring (bicyclic) bond motifs is 1. The Balaban J connectivity index is 2.30. The monoisotopic (exact) mass is 356 g/mol. The third kappa shape index (κ3) is 4.12. The van der Waals surface area contributed by atoms with E-state index < -0.39 is 24.0 Å². The molecule has 1 amide bonds. The number of halogens is 6. The number of anilines is 1.